The van der Waals surface area contributed by atoms with Crippen LogP contribution in [0.1, 0.15) is 5.56 Å². The fourth-order valence-corrected chi connectivity index (χ4v) is 2.26. The number of alkyl halides is 3. The van der Waals surface area contributed by atoms with Gasteiger partial charge in [0.25, 0.3) is 0 Å². The highest BCUT2D eigenvalue weighted by atomic mass is 32.2. The van der Waals surface area contributed by atoms with E-state index in [2.05, 4.69) is 0 Å². The van der Waals surface area contributed by atoms with Gasteiger partial charge in [-0.1, -0.05) is 12.1 Å². The van der Waals surface area contributed by atoms with E-state index in [1.165, 1.54) is 12.1 Å². The highest BCUT2D eigenvalue weighted by Gasteiger charge is 2.36. The summed E-state index contributed by atoms with van der Waals surface area (Å²) in [4.78, 5) is -0.857. The Kier molecular flexibility index (Phi) is 3.24. The Morgan fingerprint density at radius 1 is 1.25 bits per heavy atom. The Balaban J connectivity index is 3.43. The molecule has 1 aromatic carbocycles. The number of nitriles is 1. The lowest BCUT2D eigenvalue weighted by molar-refractivity contribution is -0.139. The van der Waals surface area contributed by atoms with Gasteiger partial charge in [-0.2, -0.15) is 18.4 Å². The number of rotatable bonds is 2. The summed E-state index contributed by atoms with van der Waals surface area (Å²) >= 11 is 0. The van der Waals surface area contributed by atoms with Crippen molar-refractivity contribution >= 4 is 9.84 Å². The maximum absolute atomic E-state index is 12.5. The summed E-state index contributed by atoms with van der Waals surface area (Å²) in [6.45, 7) is 0. The molecule has 0 heterocycles. The first-order valence-corrected chi connectivity index (χ1v) is 5.70. The summed E-state index contributed by atoms with van der Waals surface area (Å²) in [5.74, 6) is -0.972. The summed E-state index contributed by atoms with van der Waals surface area (Å²) in [6, 6.07) is 5.12. The smallest absolute Gasteiger partial charge is 0.223 e. The normalized spacial score (nSPS) is 12.1. The van der Waals surface area contributed by atoms with E-state index in [9.17, 15) is 21.6 Å². The van der Waals surface area contributed by atoms with E-state index in [0.717, 1.165) is 12.1 Å². The van der Waals surface area contributed by atoms with Gasteiger partial charge in [0, 0.05) is 0 Å². The van der Waals surface area contributed by atoms with E-state index in [1.54, 1.807) is 0 Å². The van der Waals surface area contributed by atoms with Crippen molar-refractivity contribution in [3.05, 3.63) is 29.8 Å². The van der Waals surface area contributed by atoms with Crippen molar-refractivity contribution in [2.24, 2.45) is 0 Å². The van der Waals surface area contributed by atoms with Crippen LogP contribution in [0.3, 0.4) is 0 Å². The van der Waals surface area contributed by atoms with E-state index >= 15 is 0 Å². The minimum Gasteiger partial charge on any atom is -0.223 e. The summed E-state index contributed by atoms with van der Waals surface area (Å²) in [7, 11) is -4.21. The summed E-state index contributed by atoms with van der Waals surface area (Å²) < 4.78 is 60.2. The molecule has 0 aromatic heterocycles. The minimum absolute atomic E-state index is 0.671. The lowest BCUT2D eigenvalue weighted by Crippen LogP contribution is -2.14. The molecular formula is C9H6F3NO2S. The first kappa shape index (κ1) is 12.5. The standard InChI is InChI=1S/C9H6F3NO2S/c10-9(11,12)7-3-1-2-4-8(7)16(14,15)6-5-13/h1-4H,6H2. The van der Waals surface area contributed by atoms with Gasteiger partial charge in [0.05, 0.1) is 16.5 Å². The molecule has 0 aliphatic rings. The Hall–Kier alpha value is -1.55. The van der Waals surface area contributed by atoms with Gasteiger partial charge in [-0.25, -0.2) is 8.42 Å². The summed E-state index contributed by atoms with van der Waals surface area (Å²) in [6.07, 6.45) is -4.75. The van der Waals surface area contributed by atoms with Gasteiger partial charge < -0.3 is 0 Å². The van der Waals surface area contributed by atoms with Gasteiger partial charge in [-0.3, -0.25) is 0 Å². The Morgan fingerprint density at radius 3 is 2.31 bits per heavy atom. The van der Waals surface area contributed by atoms with Crippen molar-refractivity contribution in [1.82, 2.24) is 0 Å². The Bertz CT molecular complexity index is 528. The monoisotopic (exact) mass is 249 g/mol. The van der Waals surface area contributed by atoms with Crippen molar-refractivity contribution in [3.63, 3.8) is 0 Å². The predicted molar refractivity (Wildman–Crippen MR) is 49.1 cm³/mol. The number of sulfone groups is 1. The summed E-state index contributed by atoms with van der Waals surface area (Å²) in [5, 5.41) is 8.25. The van der Waals surface area contributed by atoms with E-state index in [0.29, 0.717) is 6.07 Å². The second-order valence-corrected chi connectivity index (χ2v) is 4.87. The quantitative estimate of drug-likeness (QED) is 0.805. The van der Waals surface area contributed by atoms with Crippen LogP contribution in [0.4, 0.5) is 13.2 Å². The Labute approximate surface area is 90.0 Å². The topological polar surface area (TPSA) is 57.9 Å². The van der Waals surface area contributed by atoms with Crippen molar-refractivity contribution in [1.29, 1.82) is 5.26 Å². The molecule has 0 aliphatic carbocycles. The van der Waals surface area contributed by atoms with Crippen molar-refractivity contribution < 1.29 is 21.6 Å². The molecule has 1 aromatic rings. The molecule has 0 bridgehead atoms. The van der Waals surface area contributed by atoms with E-state index in [-0.39, 0.29) is 0 Å². The van der Waals surface area contributed by atoms with Crippen molar-refractivity contribution in [3.8, 4) is 6.07 Å². The first-order valence-electron chi connectivity index (χ1n) is 4.05. The van der Waals surface area contributed by atoms with Crippen LogP contribution < -0.4 is 0 Å². The highest BCUT2D eigenvalue weighted by molar-refractivity contribution is 7.91. The number of nitrogens with zero attached hydrogens (tertiary/aromatic N) is 1. The Morgan fingerprint density at radius 2 is 1.81 bits per heavy atom. The lowest BCUT2D eigenvalue weighted by Gasteiger charge is -2.11. The van der Waals surface area contributed by atoms with Crippen LogP contribution in [0.5, 0.6) is 0 Å². The number of benzene rings is 1. The highest BCUT2D eigenvalue weighted by Crippen LogP contribution is 2.34. The average Bonchev–Trinajstić information content (AvgIpc) is 2.16. The van der Waals surface area contributed by atoms with Gasteiger partial charge >= 0.3 is 6.18 Å². The molecule has 7 heteroatoms. The van der Waals surface area contributed by atoms with Crippen LogP contribution in [0.25, 0.3) is 0 Å². The number of hydrogen-bond donors (Lipinski definition) is 0. The van der Waals surface area contributed by atoms with Crippen LogP contribution in [0, 0.1) is 11.3 Å². The van der Waals surface area contributed by atoms with Gasteiger partial charge in [-0.05, 0) is 12.1 Å². The minimum atomic E-state index is -4.75. The molecule has 0 spiro atoms. The molecule has 0 amide bonds. The number of halogens is 3. The van der Waals surface area contributed by atoms with Gasteiger partial charge in [0.2, 0.25) is 0 Å². The third-order valence-corrected chi connectivity index (χ3v) is 3.32. The molecule has 0 saturated heterocycles. The molecular weight excluding hydrogens is 243 g/mol. The zero-order valence-corrected chi connectivity index (χ0v) is 8.64. The molecule has 3 nitrogen and oxygen atoms in total. The van der Waals surface area contributed by atoms with E-state index in [1.807, 2.05) is 0 Å². The zero-order chi connectivity index (χ0) is 12.4. The third-order valence-electron chi connectivity index (χ3n) is 1.78. The molecule has 0 saturated carbocycles. The maximum atomic E-state index is 12.5. The SMILES string of the molecule is N#CCS(=O)(=O)c1ccccc1C(F)(F)F. The molecule has 86 valence electrons. The lowest BCUT2D eigenvalue weighted by atomic mass is 10.2. The second-order valence-electron chi connectivity index (χ2n) is 2.91. The first-order chi connectivity index (χ1) is 7.29. The fraction of sp³-hybridized carbons (Fsp3) is 0.222. The molecule has 16 heavy (non-hydrogen) atoms. The molecule has 0 radical (unpaired) electrons. The van der Waals surface area contributed by atoms with E-state index in [4.69, 9.17) is 5.26 Å². The molecule has 0 N–H and O–H groups in total. The van der Waals surface area contributed by atoms with Gasteiger partial charge in [0.1, 0.15) is 5.75 Å². The predicted octanol–water partition coefficient (Wildman–Crippen LogP) is 2.00. The van der Waals surface area contributed by atoms with Crippen molar-refractivity contribution in [2.45, 2.75) is 11.1 Å². The van der Waals surface area contributed by atoms with Crippen LogP contribution in [-0.2, 0) is 16.0 Å². The molecule has 0 atom stereocenters. The fourth-order valence-electron chi connectivity index (χ4n) is 1.13. The molecule has 0 aliphatic heterocycles. The molecule has 0 unspecified atom stereocenters. The molecule has 1 rings (SSSR count). The van der Waals surface area contributed by atoms with Crippen LogP contribution >= 0.6 is 0 Å². The second kappa shape index (κ2) is 4.14. The van der Waals surface area contributed by atoms with Crippen LogP contribution in [0.2, 0.25) is 0 Å². The largest absolute Gasteiger partial charge is 0.417 e. The van der Waals surface area contributed by atoms with Crippen molar-refractivity contribution in [2.75, 3.05) is 5.75 Å². The zero-order valence-electron chi connectivity index (χ0n) is 7.82. The molecule has 0 fully saturated rings. The third kappa shape index (κ3) is 2.52. The average molecular weight is 249 g/mol. The van der Waals surface area contributed by atoms with Crippen LogP contribution in [0.15, 0.2) is 29.2 Å². The summed E-state index contributed by atoms with van der Waals surface area (Å²) in [5.41, 5.74) is -1.25. The number of hydrogen-bond acceptors (Lipinski definition) is 3. The maximum Gasteiger partial charge on any atom is 0.417 e. The van der Waals surface area contributed by atoms with Crippen LogP contribution in [-0.4, -0.2) is 14.2 Å². The van der Waals surface area contributed by atoms with Gasteiger partial charge in [-0.15, -0.1) is 0 Å². The van der Waals surface area contributed by atoms with E-state index < -0.39 is 32.2 Å². The van der Waals surface area contributed by atoms with Gasteiger partial charge in [0.15, 0.2) is 9.84 Å².